The topological polar surface area (TPSA) is 95.1 Å². The lowest BCUT2D eigenvalue weighted by Crippen LogP contribution is -2.27. The average Bonchev–Trinajstić information content (AvgIpc) is 2.91. The van der Waals surface area contributed by atoms with Gasteiger partial charge >= 0.3 is 0 Å². The first kappa shape index (κ1) is 26.4. The molecule has 8 heteroatoms. The van der Waals surface area contributed by atoms with Gasteiger partial charge < -0.3 is 29.6 Å². The molecule has 0 bridgehead atoms. The predicted molar refractivity (Wildman–Crippen MR) is 139 cm³/mol. The van der Waals surface area contributed by atoms with Crippen molar-refractivity contribution < 1.29 is 28.5 Å². The van der Waals surface area contributed by atoms with Gasteiger partial charge in [0, 0.05) is 13.0 Å². The van der Waals surface area contributed by atoms with Crippen molar-refractivity contribution in [3.8, 4) is 23.0 Å². The second kappa shape index (κ2) is 13.0. The van der Waals surface area contributed by atoms with Crippen molar-refractivity contribution in [1.82, 2.24) is 5.32 Å². The van der Waals surface area contributed by atoms with Crippen LogP contribution >= 0.6 is 0 Å². The molecule has 0 atom stereocenters. The van der Waals surface area contributed by atoms with Crippen LogP contribution in [-0.4, -0.2) is 46.8 Å². The van der Waals surface area contributed by atoms with Gasteiger partial charge in [-0.3, -0.25) is 9.59 Å². The molecular formula is C28H32N2O6. The molecule has 2 N–H and O–H groups in total. The molecule has 8 nitrogen and oxygen atoms in total. The number of carbonyl (C=O) groups is 2. The molecular weight excluding hydrogens is 460 g/mol. The van der Waals surface area contributed by atoms with Gasteiger partial charge in [0.1, 0.15) is 0 Å². The maximum Gasteiger partial charge on any atom is 0.253 e. The molecule has 3 aromatic rings. The summed E-state index contributed by atoms with van der Waals surface area (Å²) >= 11 is 0. The highest BCUT2D eigenvalue weighted by molar-refractivity contribution is 6.03. The van der Waals surface area contributed by atoms with Crippen LogP contribution in [0.25, 0.3) is 0 Å². The zero-order chi connectivity index (χ0) is 25.9. The standard InChI is InChI=1S/C28H32N2O6/c1-33-23-12-9-19(17-25(23)35-3)11-14-27(31)30-22-8-6-5-7-21(22)28(32)29-16-15-20-10-13-24(34-2)26(18-20)36-4/h5-10,12-13,17-18H,11,14-16H2,1-4H3,(H,29,32)(H,30,31). The molecule has 0 fully saturated rings. The van der Waals surface area contributed by atoms with Crippen LogP contribution in [0, 0.1) is 0 Å². The summed E-state index contributed by atoms with van der Waals surface area (Å²) in [5, 5.41) is 5.78. The molecule has 0 saturated heterocycles. The number of methoxy groups -OCH3 is 4. The number of benzene rings is 3. The van der Waals surface area contributed by atoms with Crippen molar-refractivity contribution in [2.45, 2.75) is 19.3 Å². The molecule has 0 heterocycles. The number of hydrogen-bond acceptors (Lipinski definition) is 6. The molecule has 0 saturated carbocycles. The molecule has 0 aliphatic rings. The largest absolute Gasteiger partial charge is 0.493 e. The third kappa shape index (κ3) is 6.91. The van der Waals surface area contributed by atoms with Crippen molar-refractivity contribution >= 4 is 17.5 Å². The Kier molecular flexibility index (Phi) is 9.56. The summed E-state index contributed by atoms with van der Waals surface area (Å²) in [4.78, 5) is 25.5. The number of para-hydroxylation sites is 1. The number of nitrogens with one attached hydrogen (secondary N) is 2. The van der Waals surface area contributed by atoms with Crippen LogP contribution in [0.15, 0.2) is 60.7 Å². The maximum atomic E-state index is 12.8. The first-order valence-electron chi connectivity index (χ1n) is 11.6. The minimum atomic E-state index is -0.258. The van der Waals surface area contributed by atoms with E-state index in [2.05, 4.69) is 10.6 Å². The van der Waals surface area contributed by atoms with E-state index in [9.17, 15) is 9.59 Å². The summed E-state index contributed by atoms with van der Waals surface area (Å²) in [6.07, 6.45) is 1.39. The normalized spacial score (nSPS) is 10.3. The fraction of sp³-hybridized carbons (Fsp3) is 0.286. The molecule has 0 radical (unpaired) electrons. The van der Waals surface area contributed by atoms with Crippen molar-refractivity contribution in [3.05, 3.63) is 77.4 Å². The molecule has 2 amide bonds. The van der Waals surface area contributed by atoms with Crippen LogP contribution in [0.2, 0.25) is 0 Å². The SMILES string of the molecule is COc1ccc(CCNC(=O)c2ccccc2NC(=O)CCc2ccc(OC)c(OC)c2)cc1OC. The maximum absolute atomic E-state index is 12.8. The van der Waals surface area contributed by atoms with E-state index in [0.29, 0.717) is 53.6 Å². The highest BCUT2D eigenvalue weighted by Crippen LogP contribution is 2.29. The minimum absolute atomic E-state index is 0.185. The Morgan fingerprint density at radius 3 is 1.83 bits per heavy atom. The van der Waals surface area contributed by atoms with Gasteiger partial charge in [-0.25, -0.2) is 0 Å². The summed E-state index contributed by atoms with van der Waals surface area (Å²) in [6, 6.07) is 18.2. The van der Waals surface area contributed by atoms with E-state index in [-0.39, 0.29) is 18.2 Å². The lowest BCUT2D eigenvalue weighted by Gasteiger charge is -2.13. The number of aryl methyl sites for hydroxylation is 1. The van der Waals surface area contributed by atoms with Gasteiger partial charge in [0.25, 0.3) is 5.91 Å². The van der Waals surface area contributed by atoms with Crippen LogP contribution in [0.1, 0.15) is 27.9 Å². The zero-order valence-electron chi connectivity index (χ0n) is 21.1. The van der Waals surface area contributed by atoms with Gasteiger partial charge in [0.15, 0.2) is 23.0 Å². The third-order valence-corrected chi connectivity index (χ3v) is 5.68. The van der Waals surface area contributed by atoms with Crippen LogP contribution in [-0.2, 0) is 17.6 Å². The van der Waals surface area contributed by atoms with Crippen molar-refractivity contribution in [2.75, 3.05) is 40.3 Å². The summed E-state index contributed by atoms with van der Waals surface area (Å²) in [6.45, 7) is 0.426. The van der Waals surface area contributed by atoms with Crippen molar-refractivity contribution in [1.29, 1.82) is 0 Å². The van der Waals surface area contributed by atoms with E-state index in [1.807, 2.05) is 36.4 Å². The zero-order valence-corrected chi connectivity index (χ0v) is 21.1. The van der Waals surface area contributed by atoms with E-state index in [0.717, 1.165) is 11.1 Å². The quantitative estimate of drug-likeness (QED) is 0.392. The van der Waals surface area contributed by atoms with Crippen molar-refractivity contribution in [3.63, 3.8) is 0 Å². The Morgan fingerprint density at radius 2 is 1.25 bits per heavy atom. The fourth-order valence-electron chi connectivity index (χ4n) is 3.75. The van der Waals surface area contributed by atoms with E-state index in [4.69, 9.17) is 18.9 Å². The highest BCUT2D eigenvalue weighted by Gasteiger charge is 2.14. The van der Waals surface area contributed by atoms with E-state index in [1.165, 1.54) is 0 Å². The monoisotopic (exact) mass is 492 g/mol. The van der Waals surface area contributed by atoms with Gasteiger partial charge in [-0.05, 0) is 60.4 Å². The Labute approximate surface area is 211 Å². The Bertz CT molecular complexity index is 1190. The molecule has 0 spiro atoms. The van der Waals surface area contributed by atoms with Crippen LogP contribution in [0.3, 0.4) is 0 Å². The molecule has 36 heavy (non-hydrogen) atoms. The molecule has 0 aliphatic carbocycles. The number of carbonyl (C=O) groups excluding carboxylic acids is 2. The van der Waals surface area contributed by atoms with Gasteiger partial charge in [0.05, 0.1) is 39.7 Å². The number of anilines is 1. The Morgan fingerprint density at radius 1 is 0.694 bits per heavy atom. The number of rotatable bonds is 12. The van der Waals surface area contributed by atoms with E-state index in [1.54, 1.807) is 52.7 Å². The number of ether oxygens (including phenoxy) is 4. The van der Waals surface area contributed by atoms with Gasteiger partial charge in [-0.15, -0.1) is 0 Å². The minimum Gasteiger partial charge on any atom is -0.493 e. The summed E-state index contributed by atoms with van der Waals surface area (Å²) in [5.41, 5.74) is 2.83. The van der Waals surface area contributed by atoms with Crippen LogP contribution in [0.5, 0.6) is 23.0 Å². The first-order chi connectivity index (χ1) is 17.5. The molecule has 3 rings (SSSR count). The summed E-state index contributed by atoms with van der Waals surface area (Å²) in [7, 11) is 6.33. The molecule has 0 aliphatic heterocycles. The number of hydrogen-bond donors (Lipinski definition) is 2. The van der Waals surface area contributed by atoms with Gasteiger partial charge in [-0.2, -0.15) is 0 Å². The Balaban J connectivity index is 1.56. The molecule has 3 aromatic carbocycles. The smallest absolute Gasteiger partial charge is 0.253 e. The lowest BCUT2D eigenvalue weighted by molar-refractivity contribution is -0.116. The van der Waals surface area contributed by atoms with Crippen molar-refractivity contribution in [2.24, 2.45) is 0 Å². The summed E-state index contributed by atoms with van der Waals surface area (Å²) in [5.74, 6) is 2.10. The second-order valence-electron chi connectivity index (χ2n) is 7.98. The fourth-order valence-corrected chi connectivity index (χ4v) is 3.75. The van der Waals surface area contributed by atoms with Gasteiger partial charge in [-0.1, -0.05) is 24.3 Å². The summed E-state index contributed by atoms with van der Waals surface area (Å²) < 4.78 is 21.2. The first-order valence-corrected chi connectivity index (χ1v) is 11.6. The van der Waals surface area contributed by atoms with Crippen LogP contribution < -0.4 is 29.6 Å². The highest BCUT2D eigenvalue weighted by atomic mass is 16.5. The Hall–Kier alpha value is -4.20. The molecule has 190 valence electrons. The van der Waals surface area contributed by atoms with E-state index >= 15 is 0 Å². The van der Waals surface area contributed by atoms with Gasteiger partial charge in [0.2, 0.25) is 5.91 Å². The van der Waals surface area contributed by atoms with E-state index < -0.39 is 0 Å². The van der Waals surface area contributed by atoms with Crippen LogP contribution in [0.4, 0.5) is 5.69 Å². The molecule has 0 aromatic heterocycles. The third-order valence-electron chi connectivity index (χ3n) is 5.68. The number of amides is 2. The second-order valence-corrected chi connectivity index (χ2v) is 7.98. The average molecular weight is 493 g/mol. The predicted octanol–water partition coefficient (Wildman–Crippen LogP) is 4.26. The lowest BCUT2D eigenvalue weighted by atomic mass is 10.1. The molecule has 0 unspecified atom stereocenters.